The molecule has 2 aromatic rings. The molecule has 0 aliphatic heterocycles. The molecule has 1 aliphatic rings. The minimum Gasteiger partial charge on any atom is -0.507 e. The maximum absolute atomic E-state index is 13.6. The third kappa shape index (κ3) is 2.18. The van der Waals surface area contributed by atoms with E-state index in [1.165, 1.54) is 36.4 Å². The van der Waals surface area contributed by atoms with Gasteiger partial charge in [0.2, 0.25) is 5.78 Å². The molecule has 0 aromatic heterocycles. The Morgan fingerprint density at radius 3 is 2.52 bits per heavy atom. The lowest BCUT2D eigenvalue weighted by Crippen LogP contribution is -2.21. The van der Waals surface area contributed by atoms with Crippen molar-refractivity contribution in [3.05, 3.63) is 71.2 Å². The van der Waals surface area contributed by atoms with Gasteiger partial charge < -0.3 is 10.4 Å². The third-order valence-electron chi connectivity index (χ3n) is 3.20. The van der Waals surface area contributed by atoms with Gasteiger partial charge in [0.25, 0.3) is 0 Å². The van der Waals surface area contributed by atoms with Crippen LogP contribution in [-0.4, -0.2) is 16.7 Å². The topological polar surface area (TPSA) is 66.4 Å². The molecular formula is C16H10FNO3. The van der Waals surface area contributed by atoms with Crippen molar-refractivity contribution in [1.82, 2.24) is 0 Å². The van der Waals surface area contributed by atoms with E-state index < -0.39 is 17.4 Å². The number of fused-ring (bicyclic) bond motifs is 1. The van der Waals surface area contributed by atoms with Crippen LogP contribution in [0.25, 0.3) is 0 Å². The number of allylic oxidation sites excluding steroid dienone is 2. The zero-order valence-electron chi connectivity index (χ0n) is 10.8. The summed E-state index contributed by atoms with van der Waals surface area (Å²) in [5, 5.41) is 12.3. The Labute approximate surface area is 119 Å². The Hall–Kier alpha value is -2.95. The van der Waals surface area contributed by atoms with Crippen LogP contribution in [0.4, 0.5) is 10.1 Å². The van der Waals surface area contributed by atoms with Gasteiger partial charge in [-0.3, -0.25) is 9.59 Å². The fraction of sp³-hybridized carbons (Fsp3) is 0. The molecule has 104 valence electrons. The van der Waals surface area contributed by atoms with Crippen molar-refractivity contribution in [1.29, 1.82) is 0 Å². The van der Waals surface area contributed by atoms with Crippen LogP contribution in [0.5, 0.6) is 5.75 Å². The fourth-order valence-electron chi connectivity index (χ4n) is 2.20. The SMILES string of the molecule is O=C1C(Nc2ccccc2F)=CC(=O)c2c(O)cccc21. The molecule has 0 atom stereocenters. The Morgan fingerprint density at radius 2 is 1.76 bits per heavy atom. The van der Waals surface area contributed by atoms with Crippen molar-refractivity contribution in [2.45, 2.75) is 0 Å². The largest absolute Gasteiger partial charge is 0.507 e. The van der Waals surface area contributed by atoms with Crippen LogP contribution in [-0.2, 0) is 0 Å². The number of benzene rings is 2. The van der Waals surface area contributed by atoms with Gasteiger partial charge in [0.1, 0.15) is 11.6 Å². The van der Waals surface area contributed by atoms with Gasteiger partial charge in [-0.15, -0.1) is 0 Å². The first kappa shape index (κ1) is 13.1. The van der Waals surface area contributed by atoms with Crippen molar-refractivity contribution in [3.8, 4) is 5.75 Å². The number of aromatic hydroxyl groups is 1. The number of para-hydroxylation sites is 1. The molecule has 0 unspecified atom stereocenters. The molecule has 0 amide bonds. The number of Topliss-reactive ketones (excluding diaryl/α,β-unsaturated/α-hetero) is 1. The highest BCUT2D eigenvalue weighted by Crippen LogP contribution is 2.29. The Bertz CT molecular complexity index is 796. The van der Waals surface area contributed by atoms with E-state index in [0.717, 1.165) is 6.08 Å². The monoisotopic (exact) mass is 283 g/mol. The average molecular weight is 283 g/mol. The van der Waals surface area contributed by atoms with Crippen LogP contribution < -0.4 is 5.32 Å². The standard InChI is InChI=1S/C16H10FNO3/c17-10-5-1-2-6-11(10)18-12-8-14(20)15-9(16(12)21)4-3-7-13(15)19/h1-8,18-19H. The molecule has 1 aliphatic carbocycles. The maximum Gasteiger partial charge on any atom is 0.210 e. The molecule has 0 heterocycles. The number of carbonyl (C=O) groups excluding carboxylic acids is 2. The van der Waals surface area contributed by atoms with E-state index in [1.54, 1.807) is 6.07 Å². The first-order valence-corrected chi connectivity index (χ1v) is 6.22. The number of ketones is 2. The Balaban J connectivity index is 2.02. The molecule has 0 radical (unpaired) electrons. The summed E-state index contributed by atoms with van der Waals surface area (Å²) in [7, 11) is 0. The highest BCUT2D eigenvalue weighted by atomic mass is 19.1. The molecule has 3 rings (SSSR count). The molecule has 2 aromatic carbocycles. The Morgan fingerprint density at radius 1 is 1.00 bits per heavy atom. The summed E-state index contributed by atoms with van der Waals surface area (Å²) in [5.74, 6) is -1.74. The first-order valence-electron chi connectivity index (χ1n) is 6.22. The van der Waals surface area contributed by atoms with Crippen LogP contribution in [0.1, 0.15) is 20.7 Å². The number of halogens is 1. The zero-order valence-corrected chi connectivity index (χ0v) is 10.8. The van der Waals surface area contributed by atoms with Gasteiger partial charge in [0.15, 0.2) is 5.78 Å². The highest BCUT2D eigenvalue weighted by Gasteiger charge is 2.28. The van der Waals surface area contributed by atoms with Crippen LogP contribution in [0.2, 0.25) is 0 Å². The molecular weight excluding hydrogens is 273 g/mol. The first-order chi connectivity index (χ1) is 10.1. The van der Waals surface area contributed by atoms with Gasteiger partial charge in [0.05, 0.1) is 16.9 Å². The lowest BCUT2D eigenvalue weighted by atomic mass is 9.92. The van der Waals surface area contributed by atoms with Gasteiger partial charge in [-0.25, -0.2) is 4.39 Å². The lowest BCUT2D eigenvalue weighted by molar-refractivity contribution is 0.0983. The van der Waals surface area contributed by atoms with E-state index in [-0.39, 0.29) is 28.3 Å². The fourth-order valence-corrected chi connectivity index (χ4v) is 2.20. The second-order valence-electron chi connectivity index (χ2n) is 4.56. The molecule has 0 saturated carbocycles. The minimum atomic E-state index is -0.527. The minimum absolute atomic E-state index is 0.0248. The second kappa shape index (κ2) is 4.86. The van der Waals surface area contributed by atoms with E-state index in [0.29, 0.717) is 0 Å². The number of rotatable bonds is 2. The molecule has 2 N–H and O–H groups in total. The summed E-state index contributed by atoms with van der Waals surface area (Å²) in [6.45, 7) is 0. The molecule has 0 fully saturated rings. The van der Waals surface area contributed by atoms with Gasteiger partial charge >= 0.3 is 0 Å². The quantitative estimate of drug-likeness (QED) is 0.889. The average Bonchev–Trinajstić information content (AvgIpc) is 2.46. The number of nitrogens with one attached hydrogen (secondary N) is 1. The van der Waals surface area contributed by atoms with E-state index in [2.05, 4.69) is 5.32 Å². The van der Waals surface area contributed by atoms with Crippen molar-refractivity contribution in [2.75, 3.05) is 5.32 Å². The number of phenolic OH excluding ortho intramolecular Hbond substituents is 1. The molecule has 0 spiro atoms. The normalized spacial score (nSPS) is 13.7. The number of hydrogen-bond donors (Lipinski definition) is 2. The molecule has 0 bridgehead atoms. The van der Waals surface area contributed by atoms with Gasteiger partial charge in [0, 0.05) is 11.6 Å². The molecule has 4 nitrogen and oxygen atoms in total. The van der Waals surface area contributed by atoms with Crippen LogP contribution in [0, 0.1) is 5.82 Å². The number of anilines is 1. The van der Waals surface area contributed by atoms with Crippen LogP contribution in [0.3, 0.4) is 0 Å². The van der Waals surface area contributed by atoms with Crippen LogP contribution >= 0.6 is 0 Å². The molecule has 0 saturated heterocycles. The van der Waals surface area contributed by atoms with E-state index >= 15 is 0 Å². The summed E-state index contributed by atoms with van der Waals surface area (Å²) >= 11 is 0. The van der Waals surface area contributed by atoms with Gasteiger partial charge in [-0.2, -0.15) is 0 Å². The zero-order chi connectivity index (χ0) is 15.0. The van der Waals surface area contributed by atoms with Crippen molar-refractivity contribution >= 4 is 17.3 Å². The van der Waals surface area contributed by atoms with E-state index in [4.69, 9.17) is 0 Å². The van der Waals surface area contributed by atoms with Gasteiger partial charge in [-0.1, -0.05) is 18.2 Å². The summed E-state index contributed by atoms with van der Waals surface area (Å²) in [4.78, 5) is 24.3. The third-order valence-corrected chi connectivity index (χ3v) is 3.20. The van der Waals surface area contributed by atoms with Crippen molar-refractivity contribution in [2.24, 2.45) is 0 Å². The lowest BCUT2D eigenvalue weighted by Gasteiger charge is -2.17. The number of carbonyl (C=O) groups is 2. The summed E-state index contributed by atoms with van der Waals surface area (Å²) in [6.07, 6.45) is 1.07. The number of phenols is 1. The van der Waals surface area contributed by atoms with E-state index in [9.17, 15) is 19.1 Å². The summed E-state index contributed by atoms with van der Waals surface area (Å²) in [6, 6.07) is 10.1. The van der Waals surface area contributed by atoms with Crippen molar-refractivity contribution in [3.63, 3.8) is 0 Å². The predicted molar refractivity (Wildman–Crippen MR) is 74.9 cm³/mol. The highest BCUT2D eigenvalue weighted by molar-refractivity contribution is 6.26. The number of hydrogen-bond acceptors (Lipinski definition) is 4. The summed E-state index contributed by atoms with van der Waals surface area (Å²) < 4.78 is 13.6. The Kier molecular flexibility index (Phi) is 3.02. The van der Waals surface area contributed by atoms with Gasteiger partial charge in [-0.05, 0) is 24.3 Å². The summed E-state index contributed by atoms with van der Waals surface area (Å²) in [5.41, 5.74) is 0.152. The molecule has 5 heteroatoms. The second-order valence-corrected chi connectivity index (χ2v) is 4.56. The van der Waals surface area contributed by atoms with Crippen molar-refractivity contribution < 1.29 is 19.1 Å². The van der Waals surface area contributed by atoms with E-state index in [1.807, 2.05) is 0 Å². The van der Waals surface area contributed by atoms with Crippen LogP contribution in [0.15, 0.2) is 54.2 Å². The maximum atomic E-state index is 13.6. The molecule has 21 heavy (non-hydrogen) atoms. The predicted octanol–water partition coefficient (Wildman–Crippen LogP) is 2.91. The smallest absolute Gasteiger partial charge is 0.210 e.